The number of likely N-dealkylation sites (tertiary alicyclic amines) is 2. The topological polar surface area (TPSA) is 79.0 Å². The van der Waals surface area contributed by atoms with Crippen molar-refractivity contribution in [3.05, 3.63) is 57.3 Å². The average molecular weight is 565 g/mol. The minimum Gasteiger partial charge on any atom is -0.489 e. The minimum absolute atomic E-state index is 0.0159. The van der Waals surface area contributed by atoms with E-state index in [9.17, 15) is 17.6 Å². The van der Waals surface area contributed by atoms with E-state index in [0.29, 0.717) is 29.9 Å². The van der Waals surface area contributed by atoms with Crippen molar-refractivity contribution in [1.29, 1.82) is 0 Å². The summed E-state index contributed by atoms with van der Waals surface area (Å²) < 4.78 is 46.9. The van der Waals surface area contributed by atoms with Crippen molar-refractivity contribution < 1.29 is 22.3 Å². The Hall–Kier alpha value is -1.78. The van der Waals surface area contributed by atoms with Crippen LogP contribution in [0.4, 0.5) is 9.18 Å². The van der Waals surface area contributed by atoms with Gasteiger partial charge in [-0.15, -0.1) is 0 Å². The van der Waals surface area contributed by atoms with Gasteiger partial charge in [-0.25, -0.2) is 22.3 Å². The van der Waals surface area contributed by atoms with E-state index < -0.39 is 21.9 Å². The second kappa shape index (κ2) is 11.1. The van der Waals surface area contributed by atoms with Crippen molar-refractivity contribution in [3.8, 4) is 5.75 Å². The van der Waals surface area contributed by atoms with Crippen molar-refractivity contribution >= 4 is 50.9 Å². The molecule has 0 spiro atoms. The van der Waals surface area contributed by atoms with Crippen LogP contribution in [0.25, 0.3) is 0 Å². The second-order valence-corrected chi connectivity index (χ2v) is 11.5. The molecule has 4 rings (SSSR count). The molecule has 0 aliphatic carbocycles. The van der Waals surface area contributed by atoms with E-state index in [2.05, 4.69) is 9.62 Å². The van der Waals surface area contributed by atoms with Crippen LogP contribution in [0.3, 0.4) is 0 Å². The molecule has 2 aliphatic heterocycles. The number of piperidine rings is 2. The Bertz CT molecular complexity index is 1170. The Kier molecular flexibility index (Phi) is 8.33. The van der Waals surface area contributed by atoms with E-state index in [1.165, 1.54) is 35.2 Å². The maximum atomic E-state index is 13.9. The number of hydrogen-bond donors (Lipinski definition) is 1. The number of carbonyl (C=O) groups is 1. The third kappa shape index (κ3) is 6.32. The van der Waals surface area contributed by atoms with Crippen LogP contribution in [0.1, 0.15) is 25.7 Å². The molecule has 2 aromatic rings. The highest BCUT2D eigenvalue weighted by Gasteiger charge is 2.31. The number of nitrogens with one attached hydrogen (secondary N) is 1. The van der Waals surface area contributed by atoms with Gasteiger partial charge in [-0.3, -0.25) is 4.90 Å². The SMILES string of the molecule is O=C(NS(=O)(=O)c1ccc(Cl)cc1)N1CCC(N2CCC(Oc3ccc(Cl)c(F)c3Cl)CC2)CC1. The number of nitrogens with zero attached hydrogens (tertiary/aromatic N) is 2. The van der Waals surface area contributed by atoms with Crippen molar-refractivity contribution in [1.82, 2.24) is 14.5 Å². The lowest BCUT2D eigenvalue weighted by molar-refractivity contribution is 0.0539. The molecule has 0 radical (unpaired) electrons. The van der Waals surface area contributed by atoms with Gasteiger partial charge in [0.05, 0.1) is 9.92 Å². The number of urea groups is 1. The molecule has 0 bridgehead atoms. The number of amides is 2. The number of carbonyl (C=O) groups excluding carboxylic acids is 1. The Balaban J connectivity index is 1.24. The lowest BCUT2D eigenvalue weighted by Gasteiger charge is -2.41. The monoisotopic (exact) mass is 563 g/mol. The van der Waals surface area contributed by atoms with E-state index in [4.69, 9.17) is 39.5 Å². The van der Waals surface area contributed by atoms with Gasteiger partial charge in [-0.05, 0) is 62.1 Å². The fourth-order valence-electron chi connectivity index (χ4n) is 4.42. The molecule has 2 aliphatic rings. The number of sulfonamides is 1. The lowest BCUT2D eigenvalue weighted by atomic mass is 9.99. The van der Waals surface area contributed by atoms with Crippen molar-refractivity contribution in [2.24, 2.45) is 0 Å². The molecule has 0 saturated carbocycles. The number of benzene rings is 2. The number of hydrogen-bond acceptors (Lipinski definition) is 5. The van der Waals surface area contributed by atoms with Crippen LogP contribution in [0, 0.1) is 5.82 Å². The highest BCUT2D eigenvalue weighted by molar-refractivity contribution is 7.90. The molecule has 0 atom stereocenters. The van der Waals surface area contributed by atoms with Gasteiger partial charge in [-0.1, -0.05) is 34.8 Å². The summed E-state index contributed by atoms with van der Waals surface area (Å²) in [4.78, 5) is 16.4. The molecule has 2 aromatic carbocycles. The predicted octanol–water partition coefficient (Wildman–Crippen LogP) is 5.19. The Labute approximate surface area is 219 Å². The van der Waals surface area contributed by atoms with Gasteiger partial charge in [0.2, 0.25) is 0 Å². The quantitative estimate of drug-likeness (QED) is 0.506. The molecule has 35 heavy (non-hydrogen) atoms. The first-order chi connectivity index (χ1) is 16.6. The van der Waals surface area contributed by atoms with Gasteiger partial charge >= 0.3 is 6.03 Å². The van der Waals surface area contributed by atoms with Crippen molar-refractivity contribution in [2.75, 3.05) is 26.2 Å². The zero-order chi connectivity index (χ0) is 25.2. The van der Waals surface area contributed by atoms with E-state index in [-0.39, 0.29) is 21.0 Å². The summed E-state index contributed by atoms with van der Waals surface area (Å²) >= 11 is 17.6. The van der Waals surface area contributed by atoms with Crippen LogP contribution < -0.4 is 9.46 Å². The van der Waals surface area contributed by atoms with Crippen molar-refractivity contribution in [2.45, 2.75) is 42.7 Å². The summed E-state index contributed by atoms with van der Waals surface area (Å²) in [5.74, 6) is -0.389. The zero-order valence-electron chi connectivity index (χ0n) is 18.7. The van der Waals surface area contributed by atoms with E-state index in [0.717, 1.165) is 38.8 Å². The first-order valence-electron chi connectivity index (χ1n) is 11.3. The molecule has 0 aromatic heterocycles. The molecule has 2 amide bonds. The van der Waals surface area contributed by atoms with Crippen LogP contribution in [0.5, 0.6) is 5.75 Å². The highest BCUT2D eigenvalue weighted by atomic mass is 35.5. The average Bonchev–Trinajstić information content (AvgIpc) is 2.85. The van der Waals surface area contributed by atoms with Crippen molar-refractivity contribution in [3.63, 3.8) is 0 Å². The number of rotatable bonds is 5. The molecule has 2 heterocycles. The van der Waals surface area contributed by atoms with Gasteiger partial charge < -0.3 is 9.64 Å². The maximum Gasteiger partial charge on any atom is 0.331 e. The molecule has 7 nitrogen and oxygen atoms in total. The lowest BCUT2D eigenvalue weighted by Crippen LogP contribution is -2.52. The summed E-state index contributed by atoms with van der Waals surface area (Å²) in [6.45, 7) is 2.53. The third-order valence-corrected chi connectivity index (χ3v) is 8.62. The molecular weight excluding hydrogens is 540 g/mol. The fraction of sp³-hybridized carbons (Fsp3) is 0.435. The van der Waals surface area contributed by atoms with Crippen LogP contribution in [-0.4, -0.2) is 62.6 Å². The summed E-state index contributed by atoms with van der Waals surface area (Å²) in [7, 11) is -3.96. The first-order valence-corrected chi connectivity index (χ1v) is 13.9. The van der Waals surface area contributed by atoms with Crippen LogP contribution in [0.15, 0.2) is 41.3 Å². The van der Waals surface area contributed by atoms with E-state index in [1.54, 1.807) is 6.07 Å². The Morgan fingerprint density at radius 2 is 1.57 bits per heavy atom. The van der Waals surface area contributed by atoms with Crippen LogP contribution in [-0.2, 0) is 10.0 Å². The van der Waals surface area contributed by atoms with E-state index in [1.807, 2.05) is 0 Å². The summed E-state index contributed by atoms with van der Waals surface area (Å²) in [5, 5.41) is 0.263. The molecule has 12 heteroatoms. The molecule has 1 N–H and O–H groups in total. The molecule has 190 valence electrons. The summed E-state index contributed by atoms with van der Waals surface area (Å²) in [6, 6.07) is 8.31. The molecule has 0 unspecified atom stereocenters. The van der Waals surface area contributed by atoms with Gasteiger partial charge in [0.15, 0.2) is 5.82 Å². The maximum absolute atomic E-state index is 13.9. The standard InChI is InChI=1S/C23H25Cl3FN3O4S/c24-15-1-3-18(4-2-15)35(32,33)28-23(31)30-11-7-16(8-12-30)29-13-9-17(10-14-29)34-20-6-5-19(25)22(27)21(20)26/h1-6,16-17H,7-14H2,(H,28,31). The Morgan fingerprint density at radius 3 is 2.20 bits per heavy atom. The van der Waals surface area contributed by atoms with Gasteiger partial charge in [-0.2, -0.15) is 0 Å². The van der Waals surface area contributed by atoms with E-state index >= 15 is 0 Å². The predicted molar refractivity (Wildman–Crippen MR) is 133 cm³/mol. The molecule has 2 saturated heterocycles. The number of ether oxygens (including phenoxy) is 1. The van der Waals surface area contributed by atoms with Crippen LogP contribution >= 0.6 is 34.8 Å². The minimum atomic E-state index is -3.96. The largest absolute Gasteiger partial charge is 0.489 e. The fourth-order valence-corrected chi connectivity index (χ4v) is 5.94. The Morgan fingerprint density at radius 1 is 0.943 bits per heavy atom. The van der Waals surface area contributed by atoms with Gasteiger partial charge in [0.25, 0.3) is 10.0 Å². The molecule has 2 fully saturated rings. The number of halogens is 4. The third-order valence-electron chi connectivity index (χ3n) is 6.38. The first kappa shape index (κ1) is 26.3. The summed E-state index contributed by atoms with van der Waals surface area (Å²) in [6.07, 6.45) is 2.94. The van der Waals surface area contributed by atoms with Gasteiger partial charge in [0, 0.05) is 37.2 Å². The normalized spacial score (nSPS) is 18.5. The molecular formula is C23H25Cl3FN3O4S. The highest BCUT2D eigenvalue weighted by Crippen LogP contribution is 2.34. The zero-order valence-corrected chi connectivity index (χ0v) is 21.8. The van der Waals surface area contributed by atoms with Crippen LogP contribution in [0.2, 0.25) is 15.1 Å². The summed E-state index contributed by atoms with van der Waals surface area (Å²) in [5.41, 5.74) is 0. The smallest absolute Gasteiger partial charge is 0.331 e. The second-order valence-electron chi connectivity index (χ2n) is 8.61. The van der Waals surface area contributed by atoms with Gasteiger partial charge in [0.1, 0.15) is 16.9 Å².